The maximum Gasteiger partial charge on any atom is 0.276 e. The van der Waals surface area contributed by atoms with Gasteiger partial charge >= 0.3 is 0 Å². The van der Waals surface area contributed by atoms with E-state index in [0.717, 1.165) is 11.7 Å². The molecule has 106 valence electrons. The number of benzene rings is 1. The number of halogens is 1. The number of nitrogens with two attached hydrogens (primary N) is 1. The summed E-state index contributed by atoms with van der Waals surface area (Å²) >= 11 is 7.18. The molecule has 21 heavy (non-hydrogen) atoms. The highest BCUT2D eigenvalue weighted by Gasteiger charge is 2.14. The Morgan fingerprint density at radius 2 is 2.14 bits per heavy atom. The number of hydrogen-bond acceptors (Lipinski definition) is 8. The first-order valence-electron chi connectivity index (χ1n) is 5.64. The summed E-state index contributed by atoms with van der Waals surface area (Å²) in [7, 11) is 0. The number of nitrogens with zero attached hydrogens (tertiary/aromatic N) is 4. The predicted molar refractivity (Wildman–Crippen MR) is 81.0 cm³/mol. The number of hydrogen-bond donors (Lipinski definition) is 2. The van der Waals surface area contributed by atoms with Crippen molar-refractivity contribution in [2.75, 3.05) is 11.1 Å². The summed E-state index contributed by atoms with van der Waals surface area (Å²) < 4.78 is 8.25. The molecule has 3 N–H and O–H groups in total. The summed E-state index contributed by atoms with van der Waals surface area (Å²) in [6, 6.07) is 5.85. The Hall–Kier alpha value is -2.52. The Morgan fingerprint density at radius 1 is 1.33 bits per heavy atom. The topological polar surface area (TPSA) is 120 Å². The van der Waals surface area contributed by atoms with Gasteiger partial charge in [0.1, 0.15) is 22.7 Å². The second kappa shape index (κ2) is 5.11. The van der Waals surface area contributed by atoms with Crippen LogP contribution in [-0.2, 0) is 0 Å². The molecule has 3 rings (SSSR count). The van der Waals surface area contributed by atoms with Gasteiger partial charge in [-0.05, 0) is 12.1 Å². The fourth-order valence-electron chi connectivity index (χ4n) is 1.78. The molecule has 0 radical (unpaired) electrons. The van der Waals surface area contributed by atoms with E-state index < -0.39 is 4.92 Å². The van der Waals surface area contributed by atoms with Gasteiger partial charge in [-0.3, -0.25) is 10.1 Å². The van der Waals surface area contributed by atoms with E-state index in [0.29, 0.717) is 21.7 Å². The van der Waals surface area contributed by atoms with E-state index in [1.165, 1.54) is 12.1 Å². The number of nitrogen functional groups attached to an aromatic ring is 1. The SMILES string of the molecule is Nc1cc([N+](=O)[O-])cc(Nc2c(Cl)ccc3nsnc23)n1. The van der Waals surface area contributed by atoms with Gasteiger partial charge in [-0.1, -0.05) is 11.6 Å². The third-order valence-corrected chi connectivity index (χ3v) is 3.53. The van der Waals surface area contributed by atoms with Crippen molar-refractivity contribution in [1.29, 1.82) is 0 Å². The molecule has 0 aliphatic heterocycles. The molecular weight excluding hydrogens is 316 g/mol. The van der Waals surface area contributed by atoms with Crippen LogP contribution in [0, 0.1) is 10.1 Å². The summed E-state index contributed by atoms with van der Waals surface area (Å²) in [6.07, 6.45) is 0. The zero-order valence-corrected chi connectivity index (χ0v) is 11.9. The largest absolute Gasteiger partial charge is 0.383 e. The lowest BCUT2D eigenvalue weighted by atomic mass is 10.2. The van der Waals surface area contributed by atoms with E-state index >= 15 is 0 Å². The quantitative estimate of drug-likeness (QED) is 0.561. The molecule has 2 aromatic heterocycles. The van der Waals surface area contributed by atoms with Crippen LogP contribution in [0.4, 0.5) is 23.0 Å². The van der Waals surface area contributed by atoms with Gasteiger partial charge in [-0.15, -0.1) is 0 Å². The molecule has 0 bridgehead atoms. The number of nitro groups is 1. The second-order valence-corrected chi connectivity index (χ2v) is 5.01. The monoisotopic (exact) mass is 322 g/mol. The van der Waals surface area contributed by atoms with Crippen molar-refractivity contribution in [3.8, 4) is 0 Å². The highest BCUT2D eigenvalue weighted by atomic mass is 35.5. The van der Waals surface area contributed by atoms with Crippen LogP contribution in [0.2, 0.25) is 5.02 Å². The van der Waals surface area contributed by atoms with Gasteiger partial charge in [0.25, 0.3) is 5.69 Å². The van der Waals surface area contributed by atoms with Crippen LogP contribution in [0.1, 0.15) is 0 Å². The van der Waals surface area contributed by atoms with Crippen molar-refractivity contribution in [2.24, 2.45) is 0 Å². The molecular formula is C11H7ClN6O2S. The van der Waals surface area contributed by atoms with E-state index in [2.05, 4.69) is 19.0 Å². The van der Waals surface area contributed by atoms with Crippen molar-refractivity contribution in [2.45, 2.75) is 0 Å². The molecule has 0 spiro atoms. The van der Waals surface area contributed by atoms with E-state index in [4.69, 9.17) is 17.3 Å². The summed E-state index contributed by atoms with van der Waals surface area (Å²) in [5, 5.41) is 14.2. The summed E-state index contributed by atoms with van der Waals surface area (Å²) in [4.78, 5) is 14.3. The van der Waals surface area contributed by atoms with Gasteiger partial charge in [-0.2, -0.15) is 8.75 Å². The molecule has 0 atom stereocenters. The van der Waals surface area contributed by atoms with E-state index in [1.807, 2.05) is 0 Å². The van der Waals surface area contributed by atoms with E-state index in [9.17, 15) is 10.1 Å². The molecule has 0 amide bonds. The van der Waals surface area contributed by atoms with Gasteiger partial charge < -0.3 is 11.1 Å². The maximum atomic E-state index is 10.8. The maximum absolute atomic E-state index is 10.8. The number of nitrogens with one attached hydrogen (secondary N) is 1. The van der Waals surface area contributed by atoms with Crippen LogP contribution in [0.25, 0.3) is 11.0 Å². The number of anilines is 3. The van der Waals surface area contributed by atoms with Crippen LogP contribution in [0.15, 0.2) is 24.3 Å². The second-order valence-electron chi connectivity index (χ2n) is 4.07. The van der Waals surface area contributed by atoms with Crippen molar-refractivity contribution >= 4 is 57.4 Å². The minimum absolute atomic E-state index is 0.0337. The minimum atomic E-state index is -0.546. The van der Waals surface area contributed by atoms with Crippen molar-refractivity contribution in [3.63, 3.8) is 0 Å². The fraction of sp³-hybridized carbons (Fsp3) is 0. The van der Waals surface area contributed by atoms with Crippen LogP contribution in [0.5, 0.6) is 0 Å². The van der Waals surface area contributed by atoms with Crippen molar-refractivity contribution in [1.82, 2.24) is 13.7 Å². The Bertz CT molecular complexity index is 852. The molecule has 0 aliphatic carbocycles. The Kier molecular flexibility index (Phi) is 3.28. The highest BCUT2D eigenvalue weighted by Crippen LogP contribution is 2.33. The fourth-order valence-corrected chi connectivity index (χ4v) is 2.52. The number of fused-ring (bicyclic) bond motifs is 1. The summed E-state index contributed by atoms with van der Waals surface area (Å²) in [6.45, 7) is 0. The number of pyridine rings is 1. The smallest absolute Gasteiger partial charge is 0.276 e. The van der Waals surface area contributed by atoms with Gasteiger partial charge in [0.05, 0.1) is 39.5 Å². The van der Waals surface area contributed by atoms with E-state index in [1.54, 1.807) is 12.1 Å². The van der Waals surface area contributed by atoms with Crippen LogP contribution >= 0.6 is 23.3 Å². The minimum Gasteiger partial charge on any atom is -0.383 e. The highest BCUT2D eigenvalue weighted by molar-refractivity contribution is 7.00. The molecule has 0 saturated heterocycles. The van der Waals surface area contributed by atoms with Crippen LogP contribution < -0.4 is 11.1 Å². The van der Waals surface area contributed by atoms with Gasteiger partial charge in [0.15, 0.2) is 0 Å². The zero-order chi connectivity index (χ0) is 15.0. The lowest BCUT2D eigenvalue weighted by molar-refractivity contribution is -0.384. The predicted octanol–water partition coefficient (Wildman–Crippen LogP) is 2.97. The van der Waals surface area contributed by atoms with Crippen LogP contribution in [-0.4, -0.2) is 18.7 Å². The van der Waals surface area contributed by atoms with Crippen molar-refractivity contribution in [3.05, 3.63) is 39.4 Å². The average Bonchev–Trinajstić information content (AvgIpc) is 2.90. The molecule has 0 fully saturated rings. The standard InChI is InChI=1S/C11H7ClN6O2S/c12-6-1-2-7-11(17-21-16-7)10(6)15-9-4-5(18(19)20)3-8(13)14-9/h1-4H,(H3,13,14,15). The number of aromatic nitrogens is 3. The molecule has 0 aliphatic rings. The van der Waals surface area contributed by atoms with Gasteiger partial charge in [0, 0.05) is 0 Å². The molecule has 10 heteroatoms. The third-order valence-electron chi connectivity index (χ3n) is 2.67. The van der Waals surface area contributed by atoms with Gasteiger partial charge in [0.2, 0.25) is 0 Å². The summed E-state index contributed by atoms with van der Waals surface area (Å²) in [5.41, 5.74) is 7.13. The molecule has 0 unspecified atom stereocenters. The molecule has 3 aromatic rings. The average molecular weight is 323 g/mol. The molecule has 8 nitrogen and oxygen atoms in total. The number of rotatable bonds is 3. The molecule has 2 heterocycles. The Morgan fingerprint density at radius 3 is 2.90 bits per heavy atom. The first-order chi connectivity index (χ1) is 10.0. The molecule has 0 saturated carbocycles. The Balaban J connectivity index is 2.08. The lowest BCUT2D eigenvalue weighted by Gasteiger charge is -2.08. The third kappa shape index (κ3) is 2.56. The normalized spacial score (nSPS) is 10.7. The molecule has 1 aromatic carbocycles. The van der Waals surface area contributed by atoms with E-state index in [-0.39, 0.29) is 17.3 Å². The lowest BCUT2D eigenvalue weighted by Crippen LogP contribution is -2.00. The summed E-state index contributed by atoms with van der Waals surface area (Å²) in [5.74, 6) is 0.246. The first-order valence-corrected chi connectivity index (χ1v) is 6.75. The van der Waals surface area contributed by atoms with Crippen LogP contribution in [0.3, 0.4) is 0 Å². The first kappa shape index (κ1) is 13.5. The van der Waals surface area contributed by atoms with Crippen molar-refractivity contribution < 1.29 is 4.92 Å². The zero-order valence-electron chi connectivity index (χ0n) is 10.3. The Labute approximate surface area is 127 Å². The van der Waals surface area contributed by atoms with Gasteiger partial charge in [-0.25, -0.2) is 4.98 Å².